The maximum atomic E-state index is 5.13. The minimum absolute atomic E-state index is 0.736. The van der Waals surface area contributed by atoms with Crippen LogP contribution in [0.4, 0.5) is 0 Å². The average Bonchev–Trinajstić information content (AvgIpc) is 2.74. The summed E-state index contributed by atoms with van der Waals surface area (Å²) in [4.78, 5) is 2.47. The minimum atomic E-state index is 0.736. The number of rotatable bonds is 7. The lowest BCUT2D eigenvalue weighted by Crippen LogP contribution is -2.48. The summed E-state index contributed by atoms with van der Waals surface area (Å²) in [5.41, 5.74) is 1.28. The maximum Gasteiger partial charge on any atom is 0.0947 e. The molecule has 3 nitrogen and oxygen atoms in total. The fraction of sp³-hybridized carbons (Fsp3) is 0.733. The Morgan fingerprint density at radius 2 is 2.28 bits per heavy atom. The van der Waals surface area contributed by atoms with Gasteiger partial charge in [-0.15, -0.1) is 0 Å². The predicted molar refractivity (Wildman–Crippen MR) is 74.4 cm³/mol. The first kappa shape index (κ1) is 13.6. The molecule has 0 aliphatic heterocycles. The highest BCUT2D eigenvalue weighted by atomic mass is 16.3. The smallest absolute Gasteiger partial charge is 0.0947 e. The third-order valence-electron chi connectivity index (χ3n) is 3.91. The van der Waals surface area contributed by atoms with Gasteiger partial charge in [0.05, 0.1) is 12.5 Å². The Bertz CT molecular complexity index is 334. The van der Waals surface area contributed by atoms with E-state index in [0.29, 0.717) is 0 Å². The Kier molecular flexibility index (Phi) is 4.84. The molecule has 0 aromatic carbocycles. The van der Waals surface area contributed by atoms with Crippen LogP contribution in [0.3, 0.4) is 0 Å². The topological polar surface area (TPSA) is 28.4 Å². The second kappa shape index (κ2) is 6.39. The number of furan rings is 1. The molecule has 1 heterocycles. The molecule has 3 heteroatoms. The second-order valence-electron chi connectivity index (χ2n) is 6.00. The van der Waals surface area contributed by atoms with E-state index in [4.69, 9.17) is 4.42 Å². The molecule has 2 atom stereocenters. The number of hydrogen-bond donors (Lipinski definition) is 1. The van der Waals surface area contributed by atoms with Gasteiger partial charge in [0.25, 0.3) is 0 Å². The Hall–Kier alpha value is -0.800. The molecule has 0 radical (unpaired) electrons. The van der Waals surface area contributed by atoms with Crippen molar-refractivity contribution in [3.63, 3.8) is 0 Å². The van der Waals surface area contributed by atoms with Crippen LogP contribution in [0.2, 0.25) is 0 Å². The molecular formula is C15H26N2O. The van der Waals surface area contributed by atoms with Gasteiger partial charge < -0.3 is 9.73 Å². The summed E-state index contributed by atoms with van der Waals surface area (Å²) >= 11 is 0. The molecule has 102 valence electrons. The number of hydrogen-bond acceptors (Lipinski definition) is 3. The highest BCUT2D eigenvalue weighted by molar-refractivity contribution is 5.05. The zero-order valence-electron chi connectivity index (χ0n) is 11.9. The van der Waals surface area contributed by atoms with E-state index in [0.717, 1.165) is 31.0 Å². The lowest BCUT2D eigenvalue weighted by Gasteiger charge is -2.43. The van der Waals surface area contributed by atoms with Crippen molar-refractivity contribution >= 4 is 0 Å². The van der Waals surface area contributed by atoms with Crippen LogP contribution in [-0.4, -0.2) is 31.1 Å². The Morgan fingerprint density at radius 3 is 2.83 bits per heavy atom. The predicted octanol–water partition coefficient (Wildman–Crippen LogP) is 2.74. The zero-order chi connectivity index (χ0) is 13.0. The van der Waals surface area contributed by atoms with Crippen molar-refractivity contribution in [3.05, 3.63) is 24.2 Å². The number of nitrogens with zero attached hydrogens (tertiary/aromatic N) is 1. The van der Waals surface area contributed by atoms with E-state index in [2.05, 4.69) is 37.2 Å². The van der Waals surface area contributed by atoms with Gasteiger partial charge in [0.15, 0.2) is 0 Å². The highest BCUT2D eigenvalue weighted by Gasteiger charge is 2.33. The second-order valence-corrected chi connectivity index (χ2v) is 6.00. The van der Waals surface area contributed by atoms with Crippen LogP contribution in [0.15, 0.2) is 23.0 Å². The Labute approximate surface area is 111 Å². The van der Waals surface area contributed by atoms with Crippen LogP contribution in [0, 0.1) is 11.8 Å². The van der Waals surface area contributed by atoms with E-state index in [1.54, 1.807) is 6.26 Å². The third-order valence-corrected chi connectivity index (χ3v) is 3.91. The SMILES string of the molecule is CC(C)CNCC1CCC1N(C)Cc1ccoc1. The summed E-state index contributed by atoms with van der Waals surface area (Å²) in [6.45, 7) is 7.82. The number of nitrogens with one attached hydrogen (secondary N) is 1. The van der Waals surface area contributed by atoms with Crippen LogP contribution in [0.25, 0.3) is 0 Å². The normalized spacial score (nSPS) is 23.6. The van der Waals surface area contributed by atoms with Crippen molar-refractivity contribution < 1.29 is 4.42 Å². The minimum Gasteiger partial charge on any atom is -0.472 e. The molecule has 1 aromatic heterocycles. The van der Waals surface area contributed by atoms with Gasteiger partial charge in [-0.25, -0.2) is 0 Å². The summed E-state index contributed by atoms with van der Waals surface area (Å²) in [5.74, 6) is 1.56. The molecule has 2 unspecified atom stereocenters. The van der Waals surface area contributed by atoms with E-state index in [-0.39, 0.29) is 0 Å². The molecular weight excluding hydrogens is 224 g/mol. The van der Waals surface area contributed by atoms with Crippen LogP contribution in [-0.2, 0) is 6.54 Å². The molecule has 0 amide bonds. The van der Waals surface area contributed by atoms with Crippen molar-refractivity contribution in [2.24, 2.45) is 11.8 Å². The van der Waals surface area contributed by atoms with Crippen molar-refractivity contribution in [1.29, 1.82) is 0 Å². The molecule has 0 spiro atoms. The van der Waals surface area contributed by atoms with Crippen LogP contribution in [0.1, 0.15) is 32.3 Å². The molecule has 1 N–H and O–H groups in total. The summed E-state index contributed by atoms with van der Waals surface area (Å²) in [7, 11) is 2.23. The first-order chi connectivity index (χ1) is 8.66. The van der Waals surface area contributed by atoms with Crippen molar-refractivity contribution in [1.82, 2.24) is 10.2 Å². The van der Waals surface area contributed by atoms with Gasteiger partial charge in [0.1, 0.15) is 0 Å². The molecule has 18 heavy (non-hydrogen) atoms. The van der Waals surface area contributed by atoms with Gasteiger partial charge in [0, 0.05) is 18.2 Å². The van der Waals surface area contributed by atoms with Gasteiger partial charge in [0.2, 0.25) is 0 Å². The van der Waals surface area contributed by atoms with E-state index >= 15 is 0 Å². The Balaban J connectivity index is 1.72. The van der Waals surface area contributed by atoms with Crippen LogP contribution in [0.5, 0.6) is 0 Å². The van der Waals surface area contributed by atoms with Gasteiger partial charge in [-0.3, -0.25) is 4.90 Å². The summed E-state index contributed by atoms with van der Waals surface area (Å²) < 4.78 is 5.13. The molecule has 1 saturated carbocycles. The quantitative estimate of drug-likeness (QED) is 0.806. The monoisotopic (exact) mass is 250 g/mol. The van der Waals surface area contributed by atoms with E-state index < -0.39 is 0 Å². The molecule has 1 fully saturated rings. The van der Waals surface area contributed by atoms with Crippen molar-refractivity contribution in [2.75, 3.05) is 20.1 Å². The zero-order valence-corrected chi connectivity index (χ0v) is 11.9. The van der Waals surface area contributed by atoms with Gasteiger partial charge in [-0.1, -0.05) is 13.8 Å². The molecule has 1 aliphatic carbocycles. The van der Waals surface area contributed by atoms with E-state index in [1.807, 2.05) is 6.26 Å². The summed E-state index contributed by atoms with van der Waals surface area (Å²) in [6, 6.07) is 2.79. The molecule has 2 rings (SSSR count). The maximum absolute atomic E-state index is 5.13. The lowest BCUT2D eigenvalue weighted by atomic mass is 9.78. The largest absolute Gasteiger partial charge is 0.472 e. The van der Waals surface area contributed by atoms with E-state index in [9.17, 15) is 0 Å². The fourth-order valence-electron chi connectivity index (χ4n) is 2.72. The first-order valence-electron chi connectivity index (χ1n) is 7.09. The summed E-state index contributed by atoms with van der Waals surface area (Å²) in [6.07, 6.45) is 6.31. The van der Waals surface area contributed by atoms with Crippen LogP contribution >= 0.6 is 0 Å². The first-order valence-corrected chi connectivity index (χ1v) is 7.09. The standard InChI is InChI=1S/C15H26N2O/c1-12(2)8-16-9-14-4-5-15(14)17(3)10-13-6-7-18-11-13/h6-7,11-12,14-16H,4-5,8-10H2,1-3H3. The van der Waals surface area contributed by atoms with Gasteiger partial charge >= 0.3 is 0 Å². The Morgan fingerprint density at radius 1 is 1.44 bits per heavy atom. The molecule has 1 aliphatic rings. The average molecular weight is 250 g/mol. The van der Waals surface area contributed by atoms with Gasteiger partial charge in [-0.05, 0) is 50.9 Å². The third kappa shape index (κ3) is 3.59. The van der Waals surface area contributed by atoms with Crippen LogP contribution < -0.4 is 5.32 Å². The fourth-order valence-corrected chi connectivity index (χ4v) is 2.72. The molecule has 0 saturated heterocycles. The van der Waals surface area contributed by atoms with Crippen molar-refractivity contribution in [3.8, 4) is 0 Å². The molecule has 0 bridgehead atoms. The van der Waals surface area contributed by atoms with Gasteiger partial charge in [-0.2, -0.15) is 0 Å². The lowest BCUT2D eigenvalue weighted by molar-refractivity contribution is 0.0775. The molecule has 1 aromatic rings. The van der Waals surface area contributed by atoms with Crippen molar-refractivity contribution in [2.45, 2.75) is 39.3 Å². The van der Waals surface area contributed by atoms with E-state index in [1.165, 1.54) is 24.9 Å². The highest BCUT2D eigenvalue weighted by Crippen LogP contribution is 2.31. The summed E-state index contributed by atoms with van der Waals surface area (Å²) in [5, 5.41) is 3.59.